The highest BCUT2D eigenvalue weighted by Crippen LogP contribution is 2.24. The van der Waals surface area contributed by atoms with Gasteiger partial charge < -0.3 is 14.4 Å². The van der Waals surface area contributed by atoms with Crippen molar-refractivity contribution in [3.05, 3.63) is 29.8 Å². The summed E-state index contributed by atoms with van der Waals surface area (Å²) >= 11 is 0. The lowest BCUT2D eigenvalue weighted by Gasteiger charge is -2.25. The molecule has 0 aliphatic carbocycles. The summed E-state index contributed by atoms with van der Waals surface area (Å²) in [6.07, 6.45) is 5.01. The predicted octanol–water partition coefficient (Wildman–Crippen LogP) is 2.83. The molecule has 1 saturated heterocycles. The number of likely N-dealkylation sites (tertiary alicyclic amines) is 1. The largest absolute Gasteiger partial charge is 0.497 e. The fourth-order valence-electron chi connectivity index (χ4n) is 2.89. The average molecular weight is 291 g/mol. The van der Waals surface area contributed by atoms with Gasteiger partial charge in [0.1, 0.15) is 5.75 Å². The number of hydrogen-bond acceptors (Lipinski definition) is 4. The molecule has 0 radical (unpaired) electrons. The summed E-state index contributed by atoms with van der Waals surface area (Å²) < 4.78 is 10.3. The van der Waals surface area contributed by atoms with Crippen molar-refractivity contribution in [2.75, 3.05) is 33.9 Å². The third-order valence-corrected chi connectivity index (χ3v) is 4.12. The van der Waals surface area contributed by atoms with Crippen LogP contribution in [-0.2, 0) is 9.53 Å². The van der Waals surface area contributed by atoms with Crippen molar-refractivity contribution in [1.82, 2.24) is 4.90 Å². The zero-order valence-electron chi connectivity index (χ0n) is 13.0. The zero-order chi connectivity index (χ0) is 15.1. The Balaban J connectivity index is 2.14. The summed E-state index contributed by atoms with van der Waals surface area (Å²) in [6, 6.07) is 7.72. The molecule has 1 aliphatic heterocycles. The first-order valence-corrected chi connectivity index (χ1v) is 7.68. The molecule has 1 heterocycles. The van der Waals surface area contributed by atoms with E-state index in [9.17, 15) is 4.79 Å². The second-order valence-electron chi connectivity index (χ2n) is 5.57. The van der Waals surface area contributed by atoms with Gasteiger partial charge in [-0.25, -0.2) is 0 Å². The normalized spacial score (nSPS) is 17.8. The Hall–Kier alpha value is -1.55. The van der Waals surface area contributed by atoms with Gasteiger partial charge in [-0.15, -0.1) is 0 Å². The van der Waals surface area contributed by atoms with Crippen molar-refractivity contribution in [3.63, 3.8) is 0 Å². The van der Waals surface area contributed by atoms with Crippen LogP contribution < -0.4 is 4.74 Å². The topological polar surface area (TPSA) is 38.8 Å². The van der Waals surface area contributed by atoms with Crippen LogP contribution in [0.1, 0.15) is 37.2 Å². The standard InChI is InChI=1S/C17H25NO3/c1-20-15-9-7-8-14(12-15)16(17(19)21-2)13-18-10-5-3-4-6-11-18/h7-9,12,16H,3-6,10-11,13H2,1-2H3. The molecule has 4 nitrogen and oxygen atoms in total. The number of ether oxygens (including phenoxy) is 2. The average Bonchev–Trinajstić information content (AvgIpc) is 2.80. The van der Waals surface area contributed by atoms with E-state index in [1.807, 2.05) is 24.3 Å². The van der Waals surface area contributed by atoms with Gasteiger partial charge in [-0.05, 0) is 43.6 Å². The molecule has 0 N–H and O–H groups in total. The molecule has 0 bridgehead atoms. The van der Waals surface area contributed by atoms with Crippen LogP contribution in [0.25, 0.3) is 0 Å². The summed E-state index contributed by atoms with van der Waals surface area (Å²) in [6.45, 7) is 2.86. The molecule has 1 atom stereocenters. The highest BCUT2D eigenvalue weighted by atomic mass is 16.5. The van der Waals surface area contributed by atoms with E-state index >= 15 is 0 Å². The summed E-state index contributed by atoms with van der Waals surface area (Å²) in [5.74, 6) is 0.355. The molecule has 1 unspecified atom stereocenters. The van der Waals surface area contributed by atoms with Crippen LogP contribution in [0.4, 0.5) is 0 Å². The highest BCUT2D eigenvalue weighted by molar-refractivity contribution is 5.78. The molecular formula is C17H25NO3. The van der Waals surface area contributed by atoms with E-state index in [2.05, 4.69) is 4.90 Å². The van der Waals surface area contributed by atoms with Crippen molar-refractivity contribution < 1.29 is 14.3 Å². The van der Waals surface area contributed by atoms with Crippen molar-refractivity contribution in [3.8, 4) is 5.75 Å². The van der Waals surface area contributed by atoms with Crippen molar-refractivity contribution in [2.24, 2.45) is 0 Å². The Morgan fingerprint density at radius 1 is 1.19 bits per heavy atom. The number of carbonyl (C=O) groups is 1. The van der Waals surface area contributed by atoms with Crippen molar-refractivity contribution in [2.45, 2.75) is 31.6 Å². The fourth-order valence-corrected chi connectivity index (χ4v) is 2.89. The highest BCUT2D eigenvalue weighted by Gasteiger charge is 2.25. The molecule has 1 aromatic rings. The molecule has 116 valence electrons. The number of rotatable bonds is 5. The van der Waals surface area contributed by atoms with E-state index in [0.29, 0.717) is 0 Å². The zero-order valence-corrected chi connectivity index (χ0v) is 13.0. The molecule has 4 heteroatoms. The molecule has 1 aromatic carbocycles. The maximum Gasteiger partial charge on any atom is 0.314 e. The summed E-state index contributed by atoms with van der Waals surface area (Å²) in [4.78, 5) is 14.6. The molecule has 2 rings (SSSR count). The number of carbonyl (C=O) groups excluding carboxylic acids is 1. The van der Waals surface area contributed by atoms with Crippen molar-refractivity contribution in [1.29, 1.82) is 0 Å². The first-order valence-electron chi connectivity index (χ1n) is 7.68. The van der Waals surface area contributed by atoms with Crippen LogP contribution in [-0.4, -0.2) is 44.7 Å². The lowest BCUT2D eigenvalue weighted by molar-refractivity contribution is -0.143. The molecule has 0 saturated carbocycles. The summed E-state index contributed by atoms with van der Waals surface area (Å²) in [5.41, 5.74) is 0.963. The number of methoxy groups -OCH3 is 2. The van der Waals surface area contributed by atoms with E-state index in [1.54, 1.807) is 7.11 Å². The number of nitrogens with zero attached hydrogens (tertiary/aromatic N) is 1. The molecule has 0 amide bonds. The molecule has 0 spiro atoms. The fraction of sp³-hybridized carbons (Fsp3) is 0.588. The van der Waals surface area contributed by atoms with Crippen LogP contribution in [0.5, 0.6) is 5.75 Å². The van der Waals surface area contributed by atoms with Gasteiger partial charge in [0.25, 0.3) is 0 Å². The molecular weight excluding hydrogens is 266 g/mol. The molecule has 21 heavy (non-hydrogen) atoms. The maximum absolute atomic E-state index is 12.2. The Bertz CT molecular complexity index is 453. The monoisotopic (exact) mass is 291 g/mol. The summed E-state index contributed by atoms with van der Waals surface area (Å²) in [5, 5.41) is 0. The number of hydrogen-bond donors (Lipinski definition) is 0. The van der Waals surface area contributed by atoms with Gasteiger partial charge >= 0.3 is 5.97 Å². The Morgan fingerprint density at radius 3 is 2.52 bits per heavy atom. The van der Waals surface area contributed by atoms with Crippen LogP contribution in [0, 0.1) is 0 Å². The quantitative estimate of drug-likeness (QED) is 0.782. The Morgan fingerprint density at radius 2 is 1.90 bits per heavy atom. The predicted molar refractivity (Wildman–Crippen MR) is 82.7 cm³/mol. The number of esters is 1. The SMILES string of the molecule is COC(=O)C(CN1CCCCCC1)c1cccc(OC)c1. The van der Waals surface area contributed by atoms with E-state index < -0.39 is 0 Å². The van der Waals surface area contributed by atoms with E-state index in [-0.39, 0.29) is 11.9 Å². The van der Waals surface area contributed by atoms with Crippen LogP contribution >= 0.6 is 0 Å². The van der Waals surface area contributed by atoms with Gasteiger partial charge in [0.05, 0.1) is 20.1 Å². The van der Waals surface area contributed by atoms with Gasteiger partial charge in [-0.3, -0.25) is 4.79 Å². The minimum atomic E-state index is -0.247. The van der Waals surface area contributed by atoms with Gasteiger partial charge in [0.2, 0.25) is 0 Å². The van der Waals surface area contributed by atoms with Gasteiger partial charge in [0, 0.05) is 6.54 Å². The second-order valence-corrected chi connectivity index (χ2v) is 5.57. The maximum atomic E-state index is 12.2. The van der Waals surface area contributed by atoms with Gasteiger partial charge in [0.15, 0.2) is 0 Å². The van der Waals surface area contributed by atoms with Crippen LogP contribution in [0.2, 0.25) is 0 Å². The Kier molecular flexibility index (Phi) is 6.05. The third kappa shape index (κ3) is 4.46. The first kappa shape index (κ1) is 15.8. The van der Waals surface area contributed by atoms with Crippen LogP contribution in [0.15, 0.2) is 24.3 Å². The first-order chi connectivity index (χ1) is 10.2. The Labute approximate surface area is 127 Å². The van der Waals surface area contributed by atoms with Crippen molar-refractivity contribution >= 4 is 5.97 Å². The minimum absolute atomic E-state index is 0.174. The minimum Gasteiger partial charge on any atom is -0.497 e. The van der Waals surface area contributed by atoms with E-state index in [4.69, 9.17) is 9.47 Å². The van der Waals surface area contributed by atoms with E-state index in [0.717, 1.165) is 30.9 Å². The van der Waals surface area contributed by atoms with E-state index in [1.165, 1.54) is 32.8 Å². The van der Waals surface area contributed by atoms with Gasteiger partial charge in [-0.1, -0.05) is 25.0 Å². The number of benzene rings is 1. The molecule has 1 aliphatic rings. The summed E-state index contributed by atoms with van der Waals surface area (Å²) in [7, 11) is 3.10. The smallest absolute Gasteiger partial charge is 0.314 e. The lowest BCUT2D eigenvalue weighted by atomic mass is 9.98. The van der Waals surface area contributed by atoms with Gasteiger partial charge in [-0.2, -0.15) is 0 Å². The molecule has 1 fully saturated rings. The molecule has 0 aromatic heterocycles. The second kappa shape index (κ2) is 8.03. The van der Waals surface area contributed by atoms with Crippen LogP contribution in [0.3, 0.4) is 0 Å². The lowest BCUT2D eigenvalue weighted by Crippen LogP contribution is -2.33. The third-order valence-electron chi connectivity index (χ3n) is 4.12.